The van der Waals surface area contributed by atoms with Crippen molar-refractivity contribution in [2.24, 2.45) is 0 Å². The first-order valence-corrected chi connectivity index (χ1v) is 10.9. The molecule has 0 fully saturated rings. The van der Waals surface area contributed by atoms with E-state index in [4.69, 9.17) is 15.3 Å². The predicted molar refractivity (Wildman–Crippen MR) is 132 cm³/mol. The number of rotatable bonds is 6. The van der Waals surface area contributed by atoms with Crippen molar-refractivity contribution in [2.75, 3.05) is 0 Å². The highest BCUT2D eigenvalue weighted by molar-refractivity contribution is 6.52. The quantitative estimate of drug-likeness (QED) is 0.375. The van der Waals surface area contributed by atoms with Crippen LogP contribution >= 0.6 is 0 Å². The molecule has 0 amide bonds. The molecule has 10 heteroatoms. The SMILES string of the molecule is C1=CC(c2ccn([BH-](n3ccc(-c4ccncc4)n3)n3ccc(-c4ccncc4)n3)n2)=CC=[N+]1. The molecule has 9 nitrogen and oxygen atoms in total. The Labute approximate surface area is 195 Å². The Bertz CT molecular complexity index is 1430. The highest BCUT2D eigenvalue weighted by Gasteiger charge is 2.17. The second-order valence-corrected chi connectivity index (χ2v) is 7.85. The molecular weight excluding hydrogens is 425 g/mol. The van der Waals surface area contributed by atoms with E-state index in [1.807, 2.05) is 87.0 Å². The van der Waals surface area contributed by atoms with Crippen LogP contribution in [0.4, 0.5) is 0 Å². The molecule has 6 heterocycles. The van der Waals surface area contributed by atoms with Crippen LogP contribution in [-0.2, 0) is 0 Å². The van der Waals surface area contributed by atoms with E-state index >= 15 is 0 Å². The molecule has 0 spiro atoms. The maximum atomic E-state index is 4.88. The molecule has 0 bridgehead atoms. The van der Waals surface area contributed by atoms with E-state index in [1.165, 1.54) is 0 Å². The third kappa shape index (κ3) is 3.77. The van der Waals surface area contributed by atoms with Crippen LogP contribution in [0.1, 0.15) is 5.69 Å². The van der Waals surface area contributed by atoms with Gasteiger partial charge in [-0.2, -0.15) is 0 Å². The van der Waals surface area contributed by atoms with Crippen molar-refractivity contribution >= 4 is 18.9 Å². The summed E-state index contributed by atoms with van der Waals surface area (Å²) in [6.45, 7) is 0. The van der Waals surface area contributed by atoms with Gasteiger partial charge in [-0.15, -0.1) is 0 Å². The van der Waals surface area contributed by atoms with Crippen molar-refractivity contribution in [3.63, 3.8) is 0 Å². The van der Waals surface area contributed by atoms with Gasteiger partial charge in [0.2, 0.25) is 12.4 Å². The molecule has 6 rings (SSSR count). The zero-order valence-corrected chi connectivity index (χ0v) is 18.1. The summed E-state index contributed by atoms with van der Waals surface area (Å²) in [5.74, 6) is 0. The van der Waals surface area contributed by atoms with Crippen LogP contribution in [0.25, 0.3) is 28.1 Å². The lowest BCUT2D eigenvalue weighted by Crippen LogP contribution is -2.43. The number of pyridine rings is 2. The molecular formula is C24H19BN9. The van der Waals surface area contributed by atoms with Gasteiger partial charge in [0.15, 0.2) is 0 Å². The van der Waals surface area contributed by atoms with E-state index in [9.17, 15) is 0 Å². The van der Waals surface area contributed by atoms with Gasteiger partial charge in [0, 0.05) is 53.6 Å². The first-order chi connectivity index (χ1) is 16.8. The number of allylic oxidation sites excluding steroid dienone is 3. The zero-order valence-electron chi connectivity index (χ0n) is 18.1. The molecule has 0 saturated carbocycles. The van der Waals surface area contributed by atoms with E-state index in [1.54, 1.807) is 37.2 Å². The average molecular weight is 444 g/mol. The normalized spacial score (nSPS) is 12.9. The Morgan fingerprint density at radius 2 is 1.12 bits per heavy atom. The van der Waals surface area contributed by atoms with Gasteiger partial charge in [0.1, 0.15) is 0 Å². The highest BCUT2D eigenvalue weighted by Crippen LogP contribution is 2.19. The molecule has 1 radical (unpaired) electrons. The number of nitrogens with zero attached hydrogens (tertiary/aromatic N) is 9. The summed E-state index contributed by atoms with van der Waals surface area (Å²) in [6, 6.07) is 13.8. The minimum absolute atomic E-state index is 0.864. The number of hydrogen-bond donors (Lipinski definition) is 0. The van der Waals surface area contributed by atoms with Gasteiger partial charge in [0.05, 0.1) is 22.1 Å². The lowest BCUT2D eigenvalue weighted by atomic mass is 9.96. The second-order valence-electron chi connectivity index (χ2n) is 7.85. The first kappa shape index (κ1) is 19.8. The molecule has 5 aromatic heterocycles. The van der Waals surface area contributed by atoms with Crippen molar-refractivity contribution in [3.8, 4) is 22.5 Å². The van der Waals surface area contributed by atoms with Crippen LogP contribution < -0.4 is 4.99 Å². The summed E-state index contributed by atoms with van der Waals surface area (Å²) in [5.41, 5.74) is 5.60. The van der Waals surface area contributed by atoms with Crippen LogP contribution in [0, 0.1) is 0 Å². The summed E-state index contributed by atoms with van der Waals surface area (Å²) in [6.07, 6.45) is 20.4. The minimum atomic E-state index is -1.53. The monoisotopic (exact) mass is 444 g/mol. The third-order valence-electron chi connectivity index (χ3n) is 5.72. The van der Waals surface area contributed by atoms with Crippen LogP contribution in [0.5, 0.6) is 0 Å². The molecule has 1 aliphatic rings. The summed E-state index contributed by atoms with van der Waals surface area (Å²) in [4.78, 5) is 12.3. The molecule has 0 aliphatic carbocycles. The maximum absolute atomic E-state index is 4.88. The Morgan fingerprint density at radius 3 is 1.62 bits per heavy atom. The van der Waals surface area contributed by atoms with Gasteiger partial charge in [-0.05, 0) is 61.1 Å². The molecule has 0 saturated heterocycles. The molecule has 0 N–H and O–H groups in total. The van der Waals surface area contributed by atoms with Gasteiger partial charge in [-0.3, -0.25) is 9.97 Å². The van der Waals surface area contributed by atoms with Gasteiger partial charge in [0.25, 0.3) is 0 Å². The summed E-state index contributed by atoms with van der Waals surface area (Å²) in [5, 5.41) is 14.6. The van der Waals surface area contributed by atoms with Crippen LogP contribution in [0.3, 0.4) is 0 Å². The fourth-order valence-corrected chi connectivity index (χ4v) is 4.03. The molecule has 1 aliphatic heterocycles. The van der Waals surface area contributed by atoms with Crippen molar-refractivity contribution in [3.05, 3.63) is 110 Å². The predicted octanol–water partition coefficient (Wildman–Crippen LogP) is 2.38. The van der Waals surface area contributed by atoms with E-state index < -0.39 is 7.12 Å². The molecule has 34 heavy (non-hydrogen) atoms. The highest BCUT2D eigenvalue weighted by atomic mass is 15.4. The van der Waals surface area contributed by atoms with E-state index in [0.717, 1.165) is 33.8 Å². The maximum Gasteiger partial charge on any atom is 0.326 e. The van der Waals surface area contributed by atoms with Gasteiger partial charge in [-0.25, -0.2) is 15.3 Å². The molecule has 5 aromatic rings. The molecule has 0 atom stereocenters. The van der Waals surface area contributed by atoms with Crippen molar-refractivity contribution < 1.29 is 0 Å². The summed E-state index contributed by atoms with van der Waals surface area (Å²) < 4.78 is 5.80. The fourth-order valence-electron chi connectivity index (χ4n) is 4.03. The smallest absolute Gasteiger partial charge is 0.326 e. The van der Waals surface area contributed by atoms with Gasteiger partial charge < -0.3 is 13.8 Å². The molecule has 163 valence electrons. The Hall–Kier alpha value is -4.86. The molecule has 0 unspecified atom stereocenters. The molecule has 0 aromatic carbocycles. The topological polar surface area (TPSA) is 93.3 Å². The summed E-state index contributed by atoms with van der Waals surface area (Å²) >= 11 is 0. The average Bonchev–Trinajstić information content (AvgIpc) is 3.68. The summed E-state index contributed by atoms with van der Waals surface area (Å²) in [7, 11) is -1.53. The van der Waals surface area contributed by atoms with Gasteiger partial charge >= 0.3 is 7.12 Å². The third-order valence-corrected chi connectivity index (χ3v) is 5.72. The lowest BCUT2D eigenvalue weighted by molar-refractivity contribution is 0.772. The number of aliphatic imine (C=N–C) groups is 1. The Balaban J connectivity index is 1.42. The standard InChI is InChI=1S/C24H19BN9/c1-10-26-11-2-19(1)22-7-16-32(29-22)25(33-17-8-23(30-33)20-3-12-27-13-4-20)34-18-9-24(31-34)21-5-14-28-15-6-21/h1-18,25H. The minimum Gasteiger partial charge on any atom is -0.402 e. The van der Waals surface area contributed by atoms with Crippen molar-refractivity contribution in [2.45, 2.75) is 0 Å². The number of aromatic nitrogens is 8. The van der Waals surface area contributed by atoms with E-state index in [0.29, 0.717) is 0 Å². The lowest BCUT2D eigenvalue weighted by Gasteiger charge is -2.26. The van der Waals surface area contributed by atoms with Crippen molar-refractivity contribution in [1.29, 1.82) is 0 Å². The van der Waals surface area contributed by atoms with Crippen LogP contribution in [-0.4, -0.2) is 52.4 Å². The van der Waals surface area contributed by atoms with Crippen LogP contribution in [0.2, 0.25) is 0 Å². The zero-order chi connectivity index (χ0) is 22.7. The van der Waals surface area contributed by atoms with Crippen molar-refractivity contribution in [1.82, 2.24) is 44.0 Å². The fraction of sp³-hybridized carbons (Fsp3) is 0. The largest absolute Gasteiger partial charge is 0.402 e. The number of hydrogen-bond acceptors (Lipinski definition) is 6. The second kappa shape index (κ2) is 8.59. The first-order valence-electron chi connectivity index (χ1n) is 10.9. The van der Waals surface area contributed by atoms with E-state index in [-0.39, 0.29) is 0 Å². The van der Waals surface area contributed by atoms with E-state index in [2.05, 4.69) is 15.0 Å². The Kier molecular flexibility index (Phi) is 5.00. The van der Waals surface area contributed by atoms with Gasteiger partial charge in [-0.1, -0.05) is 0 Å². The Morgan fingerprint density at radius 1 is 0.618 bits per heavy atom. The van der Waals surface area contributed by atoms with Crippen LogP contribution in [0.15, 0.2) is 104 Å².